The van der Waals surface area contributed by atoms with Gasteiger partial charge < -0.3 is 10.4 Å². The van der Waals surface area contributed by atoms with Gasteiger partial charge in [0.15, 0.2) is 0 Å². The fraction of sp³-hybridized carbons (Fsp3) is 0.600. The molecule has 0 bridgehead atoms. The number of halogens is 1. The molecule has 0 radical (unpaired) electrons. The van der Waals surface area contributed by atoms with Gasteiger partial charge >= 0.3 is 0 Å². The number of rotatable bonds is 8. The summed E-state index contributed by atoms with van der Waals surface area (Å²) in [5.41, 5.74) is 1.03. The summed E-state index contributed by atoms with van der Waals surface area (Å²) in [6, 6.07) is 7.11. The molecule has 0 saturated carbocycles. The number of hydrogen-bond donors (Lipinski definition) is 2. The van der Waals surface area contributed by atoms with Gasteiger partial charge in [-0.3, -0.25) is 0 Å². The van der Waals surface area contributed by atoms with E-state index in [1.807, 2.05) is 6.07 Å². The summed E-state index contributed by atoms with van der Waals surface area (Å²) < 4.78 is 13.0. The van der Waals surface area contributed by atoms with Crippen LogP contribution in [0, 0.1) is 11.7 Å². The van der Waals surface area contributed by atoms with E-state index in [-0.39, 0.29) is 12.4 Å². The third-order valence-corrected chi connectivity index (χ3v) is 3.11. The van der Waals surface area contributed by atoms with Crippen molar-refractivity contribution in [3.63, 3.8) is 0 Å². The van der Waals surface area contributed by atoms with Crippen LogP contribution in [-0.4, -0.2) is 24.3 Å². The van der Waals surface area contributed by atoms with E-state index >= 15 is 0 Å². The molecule has 1 aromatic carbocycles. The monoisotopic (exact) mass is 253 g/mol. The summed E-state index contributed by atoms with van der Waals surface area (Å²) in [6.45, 7) is 5.37. The third kappa shape index (κ3) is 6.12. The predicted molar refractivity (Wildman–Crippen MR) is 73.1 cm³/mol. The smallest absolute Gasteiger partial charge is 0.123 e. The molecular weight excluding hydrogens is 229 g/mol. The van der Waals surface area contributed by atoms with Gasteiger partial charge in [-0.25, -0.2) is 4.39 Å². The highest BCUT2D eigenvalue weighted by Gasteiger charge is 2.04. The summed E-state index contributed by atoms with van der Waals surface area (Å²) in [6.07, 6.45) is 2.94. The number of aliphatic hydroxyl groups excluding tert-OH is 1. The van der Waals surface area contributed by atoms with Crippen molar-refractivity contribution in [2.24, 2.45) is 5.92 Å². The van der Waals surface area contributed by atoms with Gasteiger partial charge in [-0.2, -0.15) is 0 Å². The molecular formula is C15H24FNO. The SMILES string of the molecule is CC(CO)CCCNC(C)Cc1cccc(F)c1. The molecule has 0 amide bonds. The minimum Gasteiger partial charge on any atom is -0.396 e. The second-order valence-electron chi connectivity index (χ2n) is 5.12. The number of aliphatic hydroxyl groups is 1. The Hall–Kier alpha value is -0.930. The Labute approximate surface area is 109 Å². The van der Waals surface area contributed by atoms with Crippen molar-refractivity contribution in [1.82, 2.24) is 5.32 Å². The molecule has 1 rings (SSSR count). The molecule has 0 aliphatic rings. The highest BCUT2D eigenvalue weighted by atomic mass is 19.1. The van der Waals surface area contributed by atoms with Gasteiger partial charge in [0.1, 0.15) is 5.82 Å². The first kappa shape index (κ1) is 15.1. The molecule has 0 aromatic heterocycles. The van der Waals surface area contributed by atoms with Crippen LogP contribution in [0.2, 0.25) is 0 Å². The Bertz CT molecular complexity index is 343. The molecule has 0 heterocycles. The minimum atomic E-state index is -0.170. The van der Waals surface area contributed by atoms with E-state index in [0.29, 0.717) is 12.0 Å². The Morgan fingerprint density at radius 3 is 2.78 bits per heavy atom. The lowest BCUT2D eigenvalue weighted by Crippen LogP contribution is -2.29. The van der Waals surface area contributed by atoms with Gasteiger partial charge in [0.05, 0.1) is 0 Å². The van der Waals surface area contributed by atoms with Crippen LogP contribution in [0.3, 0.4) is 0 Å². The van der Waals surface area contributed by atoms with Gasteiger partial charge in [0.25, 0.3) is 0 Å². The maximum absolute atomic E-state index is 13.0. The maximum Gasteiger partial charge on any atom is 0.123 e. The number of nitrogens with one attached hydrogen (secondary N) is 1. The molecule has 2 nitrogen and oxygen atoms in total. The Morgan fingerprint density at radius 1 is 1.33 bits per heavy atom. The summed E-state index contributed by atoms with van der Waals surface area (Å²) >= 11 is 0. The molecule has 0 aliphatic carbocycles. The van der Waals surface area contributed by atoms with Crippen molar-refractivity contribution in [3.8, 4) is 0 Å². The maximum atomic E-state index is 13.0. The number of benzene rings is 1. The third-order valence-electron chi connectivity index (χ3n) is 3.11. The molecule has 18 heavy (non-hydrogen) atoms. The lowest BCUT2D eigenvalue weighted by atomic mass is 10.1. The van der Waals surface area contributed by atoms with Gasteiger partial charge in [-0.05, 0) is 56.3 Å². The molecule has 1 aromatic rings. The van der Waals surface area contributed by atoms with Crippen molar-refractivity contribution in [2.45, 2.75) is 39.2 Å². The average Bonchev–Trinajstić information content (AvgIpc) is 2.34. The Balaban J connectivity index is 2.19. The van der Waals surface area contributed by atoms with Crippen molar-refractivity contribution >= 4 is 0 Å². The summed E-state index contributed by atoms with van der Waals surface area (Å²) in [7, 11) is 0. The molecule has 3 heteroatoms. The molecule has 0 aliphatic heterocycles. The van der Waals surface area contributed by atoms with Crippen molar-refractivity contribution in [3.05, 3.63) is 35.6 Å². The van der Waals surface area contributed by atoms with Crippen LogP contribution in [0.1, 0.15) is 32.3 Å². The quantitative estimate of drug-likeness (QED) is 0.698. The van der Waals surface area contributed by atoms with Crippen LogP contribution in [0.15, 0.2) is 24.3 Å². The van der Waals surface area contributed by atoms with Gasteiger partial charge in [-0.1, -0.05) is 19.1 Å². The first-order chi connectivity index (χ1) is 8.61. The Morgan fingerprint density at radius 2 is 2.11 bits per heavy atom. The van der Waals surface area contributed by atoms with Crippen LogP contribution >= 0.6 is 0 Å². The molecule has 102 valence electrons. The van der Waals surface area contributed by atoms with E-state index in [4.69, 9.17) is 5.11 Å². The fourth-order valence-electron chi connectivity index (χ4n) is 1.98. The lowest BCUT2D eigenvalue weighted by Gasteiger charge is -2.14. The van der Waals surface area contributed by atoms with E-state index in [0.717, 1.165) is 31.4 Å². The molecule has 2 unspecified atom stereocenters. The average molecular weight is 253 g/mol. The lowest BCUT2D eigenvalue weighted by molar-refractivity contribution is 0.227. The minimum absolute atomic E-state index is 0.170. The molecule has 0 fully saturated rings. The van der Waals surface area contributed by atoms with Gasteiger partial charge in [0, 0.05) is 12.6 Å². The first-order valence-electron chi connectivity index (χ1n) is 6.70. The van der Waals surface area contributed by atoms with Crippen molar-refractivity contribution in [2.75, 3.05) is 13.2 Å². The second kappa shape index (κ2) is 8.22. The van der Waals surface area contributed by atoms with Gasteiger partial charge in [-0.15, -0.1) is 0 Å². The first-order valence-corrected chi connectivity index (χ1v) is 6.70. The van der Waals surface area contributed by atoms with Crippen molar-refractivity contribution < 1.29 is 9.50 Å². The zero-order chi connectivity index (χ0) is 13.4. The van der Waals surface area contributed by atoms with E-state index < -0.39 is 0 Å². The molecule has 2 N–H and O–H groups in total. The highest BCUT2D eigenvalue weighted by molar-refractivity contribution is 5.17. The zero-order valence-corrected chi connectivity index (χ0v) is 11.3. The normalized spacial score (nSPS) is 14.4. The number of hydrogen-bond acceptors (Lipinski definition) is 2. The summed E-state index contributed by atoms with van der Waals surface area (Å²) in [4.78, 5) is 0. The largest absolute Gasteiger partial charge is 0.396 e. The zero-order valence-electron chi connectivity index (χ0n) is 11.3. The summed E-state index contributed by atoms with van der Waals surface area (Å²) in [5, 5.41) is 12.3. The van der Waals surface area contributed by atoms with E-state index in [2.05, 4.69) is 19.2 Å². The Kier molecular flexibility index (Phi) is 6.91. The molecule has 2 atom stereocenters. The van der Waals surface area contributed by atoms with Crippen molar-refractivity contribution in [1.29, 1.82) is 0 Å². The summed E-state index contributed by atoms with van der Waals surface area (Å²) in [5.74, 6) is 0.210. The topological polar surface area (TPSA) is 32.3 Å². The van der Waals surface area contributed by atoms with E-state index in [1.165, 1.54) is 6.07 Å². The van der Waals surface area contributed by atoms with Crippen LogP contribution < -0.4 is 5.32 Å². The molecule has 0 saturated heterocycles. The standard InChI is InChI=1S/C15H24FNO/c1-12(11-18)5-4-8-17-13(2)9-14-6-3-7-15(16)10-14/h3,6-7,10,12-13,17-18H,4-5,8-9,11H2,1-2H3. The predicted octanol–water partition coefficient (Wildman–Crippen LogP) is 2.75. The fourth-order valence-corrected chi connectivity index (χ4v) is 1.98. The van der Waals surface area contributed by atoms with Crippen LogP contribution in [0.5, 0.6) is 0 Å². The van der Waals surface area contributed by atoms with E-state index in [9.17, 15) is 4.39 Å². The van der Waals surface area contributed by atoms with Crippen LogP contribution in [-0.2, 0) is 6.42 Å². The van der Waals surface area contributed by atoms with Crippen LogP contribution in [0.4, 0.5) is 4.39 Å². The van der Waals surface area contributed by atoms with Crippen LogP contribution in [0.25, 0.3) is 0 Å². The van der Waals surface area contributed by atoms with E-state index in [1.54, 1.807) is 12.1 Å². The molecule has 0 spiro atoms. The second-order valence-corrected chi connectivity index (χ2v) is 5.12. The van der Waals surface area contributed by atoms with Gasteiger partial charge in [0.2, 0.25) is 0 Å². The highest BCUT2D eigenvalue weighted by Crippen LogP contribution is 2.07.